The molecule has 2 nitrogen and oxygen atoms in total. The monoisotopic (exact) mass is 223 g/mol. The van der Waals surface area contributed by atoms with Gasteiger partial charge in [0, 0.05) is 13.1 Å². The van der Waals surface area contributed by atoms with E-state index in [1.807, 2.05) is 6.26 Å². The minimum atomic E-state index is 0.403. The summed E-state index contributed by atoms with van der Waals surface area (Å²) < 4.78 is 5.57. The molecule has 0 aromatic carbocycles. The number of allylic oxidation sites excluding steroid dienone is 1. The zero-order chi connectivity index (χ0) is 11.3. The van der Waals surface area contributed by atoms with Gasteiger partial charge in [0.25, 0.3) is 0 Å². The van der Waals surface area contributed by atoms with Crippen LogP contribution in [0.3, 0.4) is 0 Å². The molecule has 0 spiro atoms. The standard InChI is InChI=1S/C14H25NO/c1-2-14(8-4-5-9-14)12-15-11-13-7-3-6-10-16-13/h6,10,13,15H,2-5,7-9,11-12H2,1H3. The van der Waals surface area contributed by atoms with E-state index < -0.39 is 0 Å². The van der Waals surface area contributed by atoms with Gasteiger partial charge in [0.2, 0.25) is 0 Å². The van der Waals surface area contributed by atoms with Crippen molar-refractivity contribution in [2.45, 2.75) is 58.0 Å². The van der Waals surface area contributed by atoms with E-state index in [0.717, 1.165) is 6.54 Å². The van der Waals surface area contributed by atoms with Crippen molar-refractivity contribution in [2.75, 3.05) is 13.1 Å². The highest BCUT2D eigenvalue weighted by atomic mass is 16.5. The maximum atomic E-state index is 5.57. The maximum absolute atomic E-state index is 5.57. The average molecular weight is 223 g/mol. The zero-order valence-corrected chi connectivity index (χ0v) is 10.5. The summed E-state index contributed by atoms with van der Waals surface area (Å²) in [4.78, 5) is 0. The van der Waals surface area contributed by atoms with Crippen molar-refractivity contribution >= 4 is 0 Å². The van der Waals surface area contributed by atoms with E-state index in [1.165, 1.54) is 51.5 Å². The lowest BCUT2D eigenvalue weighted by Gasteiger charge is -2.29. The molecule has 1 aliphatic heterocycles. The number of hydrogen-bond acceptors (Lipinski definition) is 2. The van der Waals surface area contributed by atoms with Gasteiger partial charge in [-0.25, -0.2) is 0 Å². The summed E-state index contributed by atoms with van der Waals surface area (Å²) in [5.41, 5.74) is 0.602. The molecule has 1 aliphatic carbocycles. The summed E-state index contributed by atoms with van der Waals surface area (Å²) in [6.07, 6.45) is 13.7. The smallest absolute Gasteiger partial charge is 0.110 e. The quantitative estimate of drug-likeness (QED) is 0.772. The zero-order valence-electron chi connectivity index (χ0n) is 10.5. The molecule has 0 bridgehead atoms. The molecule has 1 unspecified atom stereocenters. The highest BCUT2D eigenvalue weighted by Gasteiger charge is 2.31. The van der Waals surface area contributed by atoms with E-state index >= 15 is 0 Å². The van der Waals surface area contributed by atoms with Crippen LogP contribution >= 0.6 is 0 Å². The van der Waals surface area contributed by atoms with Gasteiger partial charge in [-0.2, -0.15) is 0 Å². The molecule has 1 saturated carbocycles. The fraction of sp³-hybridized carbons (Fsp3) is 0.857. The Bertz CT molecular complexity index is 231. The third-order valence-electron chi connectivity index (χ3n) is 4.31. The maximum Gasteiger partial charge on any atom is 0.110 e. The van der Waals surface area contributed by atoms with Crippen molar-refractivity contribution in [1.82, 2.24) is 5.32 Å². The fourth-order valence-corrected chi connectivity index (χ4v) is 3.01. The first-order valence-electron chi connectivity index (χ1n) is 6.86. The van der Waals surface area contributed by atoms with E-state index in [-0.39, 0.29) is 0 Å². The summed E-state index contributed by atoms with van der Waals surface area (Å²) in [7, 11) is 0. The average Bonchev–Trinajstić information content (AvgIpc) is 2.80. The van der Waals surface area contributed by atoms with Crippen LogP contribution < -0.4 is 5.32 Å². The lowest BCUT2D eigenvalue weighted by atomic mass is 9.83. The molecule has 1 fully saturated rings. The molecule has 0 saturated heterocycles. The molecule has 2 heteroatoms. The Labute approximate surface area is 99.4 Å². The van der Waals surface area contributed by atoms with Crippen LogP contribution in [0.15, 0.2) is 12.3 Å². The van der Waals surface area contributed by atoms with Gasteiger partial charge < -0.3 is 10.1 Å². The van der Waals surface area contributed by atoms with Gasteiger partial charge in [-0.05, 0) is 43.6 Å². The minimum Gasteiger partial charge on any atom is -0.497 e. The molecule has 0 aromatic heterocycles. The van der Waals surface area contributed by atoms with Crippen LogP contribution in [0, 0.1) is 5.41 Å². The van der Waals surface area contributed by atoms with Gasteiger partial charge in [-0.1, -0.05) is 19.8 Å². The molecular weight excluding hydrogens is 198 g/mol. The third kappa shape index (κ3) is 3.00. The summed E-state index contributed by atoms with van der Waals surface area (Å²) in [6, 6.07) is 0. The van der Waals surface area contributed by atoms with Crippen molar-refractivity contribution in [3.8, 4) is 0 Å². The normalized spacial score (nSPS) is 27.9. The second kappa shape index (κ2) is 5.72. The van der Waals surface area contributed by atoms with Crippen LogP contribution in [0.4, 0.5) is 0 Å². The summed E-state index contributed by atoms with van der Waals surface area (Å²) in [5, 5.41) is 3.63. The number of hydrogen-bond donors (Lipinski definition) is 1. The molecule has 0 aromatic rings. The van der Waals surface area contributed by atoms with E-state index in [9.17, 15) is 0 Å². The SMILES string of the molecule is CCC1(CNCC2CCC=CO2)CCCC1. The first kappa shape index (κ1) is 12.0. The van der Waals surface area contributed by atoms with Gasteiger partial charge in [-0.15, -0.1) is 0 Å². The van der Waals surface area contributed by atoms with Crippen molar-refractivity contribution in [3.63, 3.8) is 0 Å². The number of rotatable bonds is 5. The highest BCUT2D eigenvalue weighted by molar-refractivity contribution is 4.87. The number of nitrogens with one attached hydrogen (secondary N) is 1. The first-order chi connectivity index (χ1) is 7.85. The summed E-state index contributed by atoms with van der Waals surface area (Å²) >= 11 is 0. The van der Waals surface area contributed by atoms with Crippen molar-refractivity contribution in [1.29, 1.82) is 0 Å². The Morgan fingerprint density at radius 2 is 2.19 bits per heavy atom. The molecule has 1 heterocycles. The lowest BCUT2D eigenvalue weighted by Crippen LogP contribution is -2.37. The van der Waals surface area contributed by atoms with Crippen LogP contribution in [-0.4, -0.2) is 19.2 Å². The lowest BCUT2D eigenvalue weighted by molar-refractivity contribution is 0.117. The molecule has 0 radical (unpaired) electrons. The van der Waals surface area contributed by atoms with Crippen LogP contribution in [0.5, 0.6) is 0 Å². The molecule has 1 N–H and O–H groups in total. The molecule has 1 atom stereocenters. The molecule has 92 valence electrons. The van der Waals surface area contributed by atoms with E-state index in [0.29, 0.717) is 11.5 Å². The first-order valence-corrected chi connectivity index (χ1v) is 6.86. The van der Waals surface area contributed by atoms with Crippen LogP contribution in [0.25, 0.3) is 0 Å². The van der Waals surface area contributed by atoms with Crippen LogP contribution in [-0.2, 0) is 4.74 Å². The van der Waals surface area contributed by atoms with Crippen molar-refractivity contribution < 1.29 is 4.74 Å². The summed E-state index contributed by atoms with van der Waals surface area (Å²) in [6.45, 7) is 4.55. The van der Waals surface area contributed by atoms with E-state index in [4.69, 9.17) is 4.74 Å². The Kier molecular flexibility index (Phi) is 4.28. The second-order valence-electron chi connectivity index (χ2n) is 5.40. The molecular formula is C14H25NO. The molecule has 0 amide bonds. The Balaban J connectivity index is 1.68. The predicted octanol–water partition coefficient (Wildman–Crippen LogP) is 3.24. The second-order valence-corrected chi connectivity index (χ2v) is 5.40. The van der Waals surface area contributed by atoms with E-state index in [2.05, 4.69) is 18.3 Å². The Hall–Kier alpha value is -0.500. The Morgan fingerprint density at radius 1 is 1.38 bits per heavy atom. The van der Waals surface area contributed by atoms with Gasteiger partial charge in [-0.3, -0.25) is 0 Å². The van der Waals surface area contributed by atoms with Gasteiger partial charge in [0.05, 0.1) is 6.26 Å². The van der Waals surface area contributed by atoms with Crippen molar-refractivity contribution in [3.05, 3.63) is 12.3 Å². The third-order valence-corrected chi connectivity index (χ3v) is 4.31. The molecule has 2 aliphatic rings. The largest absolute Gasteiger partial charge is 0.497 e. The topological polar surface area (TPSA) is 21.3 Å². The molecule has 16 heavy (non-hydrogen) atoms. The van der Waals surface area contributed by atoms with Gasteiger partial charge in [0.1, 0.15) is 6.10 Å². The van der Waals surface area contributed by atoms with Crippen LogP contribution in [0.2, 0.25) is 0 Å². The molecule has 2 rings (SSSR count). The summed E-state index contributed by atoms with van der Waals surface area (Å²) in [5.74, 6) is 0. The van der Waals surface area contributed by atoms with Crippen LogP contribution in [0.1, 0.15) is 51.9 Å². The Morgan fingerprint density at radius 3 is 2.81 bits per heavy atom. The highest BCUT2D eigenvalue weighted by Crippen LogP contribution is 2.40. The number of ether oxygens (including phenoxy) is 1. The fourth-order valence-electron chi connectivity index (χ4n) is 3.01. The predicted molar refractivity (Wildman–Crippen MR) is 67.3 cm³/mol. The minimum absolute atomic E-state index is 0.403. The van der Waals surface area contributed by atoms with E-state index in [1.54, 1.807) is 0 Å². The van der Waals surface area contributed by atoms with Gasteiger partial charge >= 0.3 is 0 Å². The van der Waals surface area contributed by atoms with Crippen molar-refractivity contribution in [2.24, 2.45) is 5.41 Å². The van der Waals surface area contributed by atoms with Gasteiger partial charge in [0.15, 0.2) is 0 Å².